The Morgan fingerprint density at radius 2 is 1.83 bits per heavy atom. The summed E-state index contributed by atoms with van der Waals surface area (Å²) in [6.45, 7) is 8.37. The molecule has 3 atom stereocenters. The molecule has 1 saturated carbocycles. The van der Waals surface area contributed by atoms with E-state index in [9.17, 15) is 14.7 Å². The fourth-order valence-electron chi connectivity index (χ4n) is 7.48. The maximum absolute atomic E-state index is 15.1. The van der Waals surface area contributed by atoms with Crippen LogP contribution >= 0.6 is 0 Å². The van der Waals surface area contributed by atoms with Crippen molar-refractivity contribution in [3.05, 3.63) is 54.2 Å². The van der Waals surface area contributed by atoms with Gasteiger partial charge in [-0.15, -0.1) is 0 Å². The third-order valence-electron chi connectivity index (χ3n) is 10.3. The molecule has 1 N–H and O–H groups in total. The zero-order chi connectivity index (χ0) is 37.0. The van der Waals surface area contributed by atoms with Crippen molar-refractivity contribution in [2.45, 2.75) is 96.2 Å². The van der Waals surface area contributed by atoms with Crippen molar-refractivity contribution in [2.75, 3.05) is 56.9 Å². The molecule has 2 amide bonds. The van der Waals surface area contributed by atoms with Crippen molar-refractivity contribution < 1.29 is 38.4 Å². The Labute approximate surface area is 306 Å². The van der Waals surface area contributed by atoms with Crippen molar-refractivity contribution >= 4 is 40.1 Å². The van der Waals surface area contributed by atoms with Gasteiger partial charge in [-0.2, -0.15) is 0 Å². The number of esters is 1. The number of aryl methyl sites for hydroxylation is 1. The number of fused-ring (bicyclic) bond motifs is 2. The molecule has 6 rings (SSSR count). The highest BCUT2D eigenvalue weighted by Crippen LogP contribution is 2.43. The summed E-state index contributed by atoms with van der Waals surface area (Å²) in [6.07, 6.45) is 6.02. The fourth-order valence-corrected chi connectivity index (χ4v) is 7.48. The van der Waals surface area contributed by atoms with E-state index in [4.69, 9.17) is 18.9 Å². The number of hydrogen-bond donors (Lipinski definition) is 1. The smallest absolute Gasteiger partial charge is 0.305 e. The van der Waals surface area contributed by atoms with E-state index in [2.05, 4.69) is 35.0 Å². The first-order chi connectivity index (χ1) is 25.0. The van der Waals surface area contributed by atoms with Gasteiger partial charge in [-0.25, -0.2) is 0 Å². The van der Waals surface area contributed by atoms with Gasteiger partial charge >= 0.3 is 5.97 Å². The van der Waals surface area contributed by atoms with Crippen LogP contribution in [-0.2, 0) is 35.1 Å². The van der Waals surface area contributed by atoms with E-state index in [1.807, 2.05) is 48.8 Å². The number of carbonyl (C=O) groups is 3. The first-order valence-electron chi connectivity index (χ1n) is 18.6. The molecule has 2 aromatic carbocycles. The zero-order valence-electron chi connectivity index (χ0n) is 31.2. The molecule has 1 aliphatic carbocycles. The summed E-state index contributed by atoms with van der Waals surface area (Å²) < 4.78 is 24.0. The minimum absolute atomic E-state index is 0.00705. The van der Waals surface area contributed by atoms with Gasteiger partial charge in [0.15, 0.2) is 6.61 Å². The predicted molar refractivity (Wildman–Crippen MR) is 198 cm³/mol. The van der Waals surface area contributed by atoms with Gasteiger partial charge in [0.25, 0.3) is 5.91 Å². The monoisotopic (exact) mass is 718 g/mol. The quantitative estimate of drug-likeness (QED) is 0.124. The lowest BCUT2D eigenvalue weighted by atomic mass is 9.79. The van der Waals surface area contributed by atoms with Gasteiger partial charge in [0.1, 0.15) is 5.75 Å². The van der Waals surface area contributed by atoms with Gasteiger partial charge in [0, 0.05) is 69.8 Å². The predicted octanol–water partition coefficient (Wildman–Crippen LogP) is 5.44. The normalized spacial score (nSPS) is 20.0. The Bertz CT molecular complexity index is 1730. The van der Waals surface area contributed by atoms with Crippen molar-refractivity contribution in [3.63, 3.8) is 0 Å². The van der Waals surface area contributed by atoms with E-state index < -0.39 is 17.9 Å². The number of aliphatic hydroxyl groups excluding tert-OH is 1. The van der Waals surface area contributed by atoms with Crippen LogP contribution in [0.3, 0.4) is 0 Å². The Kier molecular flexibility index (Phi) is 11.9. The molecule has 2 aliphatic heterocycles. The molecule has 12 heteroatoms. The highest BCUT2D eigenvalue weighted by Gasteiger charge is 2.44. The van der Waals surface area contributed by atoms with Crippen molar-refractivity contribution in [1.29, 1.82) is 0 Å². The Balaban J connectivity index is 1.31. The second-order valence-corrected chi connectivity index (χ2v) is 15.2. The molecule has 3 heterocycles. The number of methoxy groups -OCH3 is 2. The van der Waals surface area contributed by atoms with Crippen molar-refractivity contribution in [1.82, 2.24) is 9.47 Å². The molecule has 2 fully saturated rings. The van der Waals surface area contributed by atoms with E-state index in [1.54, 1.807) is 12.0 Å². The average molecular weight is 719 g/mol. The summed E-state index contributed by atoms with van der Waals surface area (Å²) in [5.74, 6) is -0.282. The number of carbonyl (C=O) groups excluding carboxylic acids is 3. The van der Waals surface area contributed by atoms with Gasteiger partial charge in [-0.05, 0) is 106 Å². The van der Waals surface area contributed by atoms with E-state index in [0.717, 1.165) is 54.4 Å². The maximum atomic E-state index is 15.1. The summed E-state index contributed by atoms with van der Waals surface area (Å²) in [5, 5.41) is 12.3. The van der Waals surface area contributed by atoms with Crippen LogP contribution in [0.25, 0.3) is 10.9 Å². The molecule has 0 bridgehead atoms. The third kappa shape index (κ3) is 8.79. The molecule has 3 aliphatic rings. The standard InChI is InChI=1S/C40H54N4O8/c1-40(2,3)52-39(48)42-21-17-31(28-11-10-27-16-20-41(33(27)23-28)18-7-6-9-37(46)50-5)32(25-42)38(47)44(29-12-13-29)30-14-15-35-34(24-30)43(19-8-22-49-4)36(45)26-51-35/h10-11,14-16,20,23-24,29,31-32,39,48H,6-9,12-13,17-19,21-22,25-26H2,1-5H3/t31-,32+,39?/m1/s1. The van der Waals surface area contributed by atoms with Crippen molar-refractivity contribution in [3.8, 4) is 5.75 Å². The number of benzene rings is 2. The number of amides is 2. The molecule has 52 heavy (non-hydrogen) atoms. The zero-order valence-corrected chi connectivity index (χ0v) is 31.2. The van der Waals surface area contributed by atoms with Crippen LogP contribution in [0.1, 0.15) is 77.2 Å². The molecular weight excluding hydrogens is 664 g/mol. The van der Waals surface area contributed by atoms with E-state index in [0.29, 0.717) is 56.9 Å². The fraction of sp³-hybridized carbons (Fsp3) is 0.575. The van der Waals surface area contributed by atoms with E-state index >= 15 is 4.79 Å². The summed E-state index contributed by atoms with van der Waals surface area (Å²) in [6, 6.07) is 14.3. The first kappa shape index (κ1) is 37.8. The van der Waals surface area contributed by atoms with Crippen LogP contribution in [0.4, 0.5) is 11.4 Å². The number of aromatic nitrogens is 1. The Hall–Kier alpha value is -3.97. The van der Waals surface area contributed by atoms with E-state index in [-0.39, 0.29) is 36.4 Å². The summed E-state index contributed by atoms with van der Waals surface area (Å²) in [5.41, 5.74) is 3.00. The van der Waals surface area contributed by atoms with Crippen LogP contribution in [0.15, 0.2) is 48.7 Å². The number of ether oxygens (including phenoxy) is 4. The van der Waals surface area contributed by atoms with Crippen LogP contribution in [0.2, 0.25) is 0 Å². The summed E-state index contributed by atoms with van der Waals surface area (Å²) >= 11 is 0. The van der Waals surface area contributed by atoms with Gasteiger partial charge in [0.05, 0.1) is 24.3 Å². The molecule has 1 unspecified atom stereocenters. The number of aliphatic hydroxyl groups is 1. The molecule has 282 valence electrons. The largest absolute Gasteiger partial charge is 0.482 e. The number of hydrogen-bond acceptors (Lipinski definition) is 9. The van der Waals surface area contributed by atoms with Crippen LogP contribution in [0, 0.1) is 5.92 Å². The minimum atomic E-state index is -1.15. The van der Waals surface area contributed by atoms with Crippen LogP contribution < -0.4 is 14.5 Å². The molecular formula is C40H54N4O8. The highest BCUT2D eigenvalue weighted by atomic mass is 16.6. The van der Waals surface area contributed by atoms with Gasteiger partial charge in [-0.3, -0.25) is 19.3 Å². The Morgan fingerprint density at radius 3 is 2.56 bits per heavy atom. The molecule has 0 spiro atoms. The third-order valence-corrected chi connectivity index (χ3v) is 10.3. The number of nitrogens with zero attached hydrogens (tertiary/aromatic N) is 4. The lowest BCUT2D eigenvalue weighted by Gasteiger charge is -2.43. The van der Waals surface area contributed by atoms with Gasteiger partial charge in [0.2, 0.25) is 12.3 Å². The topological polar surface area (TPSA) is 123 Å². The molecule has 1 aromatic heterocycles. The first-order valence-corrected chi connectivity index (χ1v) is 18.6. The second-order valence-electron chi connectivity index (χ2n) is 15.2. The van der Waals surface area contributed by atoms with Gasteiger partial charge < -0.3 is 38.4 Å². The average Bonchev–Trinajstić information content (AvgIpc) is 3.88. The highest BCUT2D eigenvalue weighted by molar-refractivity contribution is 6.01. The van der Waals surface area contributed by atoms with Crippen molar-refractivity contribution in [2.24, 2.45) is 5.92 Å². The SMILES string of the molecule is COCCCN1C(=O)COc2ccc(N(C(=O)[C@H]3CN(C(O)OC(C)(C)C)CC[C@@H]3c3ccc4ccn(CCCCC(=O)OC)c4c3)C3CC3)cc21. The molecule has 3 aromatic rings. The molecule has 12 nitrogen and oxygen atoms in total. The summed E-state index contributed by atoms with van der Waals surface area (Å²) in [4.78, 5) is 45.2. The number of anilines is 2. The number of rotatable bonds is 15. The molecule has 1 saturated heterocycles. The minimum Gasteiger partial charge on any atom is -0.482 e. The number of piperidine rings is 1. The lowest BCUT2D eigenvalue weighted by molar-refractivity contribution is -0.245. The van der Waals surface area contributed by atoms with E-state index in [1.165, 1.54) is 7.11 Å². The number of likely N-dealkylation sites (tertiary alicyclic amines) is 1. The molecule has 0 radical (unpaired) electrons. The second kappa shape index (κ2) is 16.4. The van der Waals surface area contributed by atoms with Gasteiger partial charge in [-0.1, -0.05) is 12.1 Å². The maximum Gasteiger partial charge on any atom is 0.305 e. The lowest BCUT2D eigenvalue weighted by Crippen LogP contribution is -2.53. The number of unbranched alkanes of at least 4 members (excludes halogenated alkanes) is 1. The van der Waals surface area contributed by atoms with Crippen LogP contribution in [0.5, 0.6) is 5.75 Å². The Morgan fingerprint density at radius 1 is 1.02 bits per heavy atom. The summed E-state index contributed by atoms with van der Waals surface area (Å²) in [7, 11) is 3.06. The van der Waals surface area contributed by atoms with Crippen LogP contribution in [-0.4, -0.2) is 97.5 Å².